The summed E-state index contributed by atoms with van der Waals surface area (Å²) in [6.07, 6.45) is 4.79. The Kier molecular flexibility index (Phi) is 10.2. The zero-order chi connectivity index (χ0) is 17.8. The van der Waals surface area contributed by atoms with Crippen LogP contribution in [0.4, 0.5) is 0 Å². The Morgan fingerprint density at radius 3 is 2.12 bits per heavy atom. The molecule has 0 unspecified atom stereocenters. The van der Waals surface area contributed by atoms with Crippen LogP contribution < -0.4 is 22.2 Å². The fourth-order valence-corrected chi connectivity index (χ4v) is 3.99. The van der Waals surface area contributed by atoms with Crippen molar-refractivity contribution in [3.63, 3.8) is 0 Å². The van der Waals surface area contributed by atoms with Crippen molar-refractivity contribution in [2.24, 2.45) is 11.5 Å². The van der Waals surface area contributed by atoms with Gasteiger partial charge in [-0.15, -0.1) is 0 Å². The second kappa shape index (κ2) is 12.2. The van der Waals surface area contributed by atoms with Gasteiger partial charge in [0.15, 0.2) is 0 Å². The van der Waals surface area contributed by atoms with Gasteiger partial charge in [0.2, 0.25) is 0 Å². The summed E-state index contributed by atoms with van der Waals surface area (Å²) in [6.45, 7) is 15.8. The van der Waals surface area contributed by atoms with Crippen LogP contribution in [0.25, 0.3) is 0 Å². The van der Waals surface area contributed by atoms with Crippen molar-refractivity contribution in [3.05, 3.63) is 0 Å². The zero-order valence-corrected chi connectivity index (χ0v) is 16.2. The Labute approximate surface area is 154 Å². The summed E-state index contributed by atoms with van der Waals surface area (Å²) in [7, 11) is 0. The lowest BCUT2D eigenvalue weighted by atomic mass is 10.2. The third-order valence-corrected chi connectivity index (χ3v) is 5.72. The van der Waals surface area contributed by atoms with E-state index in [1.807, 2.05) is 0 Å². The minimum atomic E-state index is 0.793. The first-order valence-electron chi connectivity index (χ1n) is 10.4. The molecule has 25 heavy (non-hydrogen) atoms. The van der Waals surface area contributed by atoms with Crippen LogP contribution in [0.3, 0.4) is 0 Å². The van der Waals surface area contributed by atoms with Crippen molar-refractivity contribution in [2.75, 3.05) is 91.6 Å². The van der Waals surface area contributed by atoms with Gasteiger partial charge in [0, 0.05) is 52.2 Å². The van der Waals surface area contributed by atoms with Crippen LogP contribution in [-0.4, -0.2) is 106 Å². The highest BCUT2D eigenvalue weighted by Crippen LogP contribution is 2.12. The Hall–Kier alpha value is -0.280. The van der Waals surface area contributed by atoms with Crippen LogP contribution in [0.5, 0.6) is 0 Å². The first-order chi connectivity index (χ1) is 12.3. The smallest absolute Gasteiger partial charge is 0.109 e. The van der Waals surface area contributed by atoms with E-state index in [2.05, 4.69) is 20.5 Å². The summed E-state index contributed by atoms with van der Waals surface area (Å²) < 4.78 is 1.06. The predicted molar refractivity (Wildman–Crippen MR) is 105 cm³/mol. The molecule has 2 saturated heterocycles. The molecule has 2 aliphatic heterocycles. The number of hydrogen-bond donors (Lipinski definition) is 4. The molecule has 0 atom stereocenters. The number of unbranched alkanes of at least 4 members (excludes halogenated alkanes) is 1. The lowest BCUT2D eigenvalue weighted by Crippen LogP contribution is -2.66. The fourth-order valence-electron chi connectivity index (χ4n) is 3.99. The lowest BCUT2D eigenvalue weighted by Gasteiger charge is -2.44. The molecule has 0 radical (unpaired) electrons. The van der Waals surface area contributed by atoms with Gasteiger partial charge in [-0.25, -0.2) is 4.59 Å². The summed E-state index contributed by atoms with van der Waals surface area (Å²) in [5.41, 5.74) is 15.3. The SMILES string of the molecule is NCCCN1CC[N+](CCCN)(NCCCCN2CCNCC2)CC1. The molecule has 148 valence electrons. The summed E-state index contributed by atoms with van der Waals surface area (Å²) in [5, 5.41) is 3.42. The molecular weight excluding hydrogens is 314 g/mol. The molecule has 2 heterocycles. The van der Waals surface area contributed by atoms with E-state index < -0.39 is 0 Å². The summed E-state index contributed by atoms with van der Waals surface area (Å²) >= 11 is 0. The maximum atomic E-state index is 5.78. The molecule has 7 heteroatoms. The van der Waals surface area contributed by atoms with Crippen LogP contribution in [-0.2, 0) is 0 Å². The number of nitrogens with two attached hydrogens (primary N) is 2. The number of rotatable bonds is 12. The molecule has 0 spiro atoms. The predicted octanol–water partition coefficient (Wildman–Crippen LogP) is -0.994. The fraction of sp³-hybridized carbons (Fsp3) is 1.00. The molecule has 2 rings (SSSR count). The molecule has 2 aliphatic rings. The monoisotopic (exact) mass is 356 g/mol. The third-order valence-electron chi connectivity index (χ3n) is 5.72. The Balaban J connectivity index is 1.65. The molecule has 7 nitrogen and oxygen atoms in total. The van der Waals surface area contributed by atoms with E-state index in [1.54, 1.807) is 0 Å². The summed E-state index contributed by atoms with van der Waals surface area (Å²) in [5.74, 6) is 0. The quantitative estimate of drug-likeness (QED) is 0.265. The van der Waals surface area contributed by atoms with Crippen LogP contribution in [0.1, 0.15) is 25.7 Å². The Morgan fingerprint density at radius 1 is 0.800 bits per heavy atom. The molecule has 0 amide bonds. The number of hydrogen-bond acceptors (Lipinski definition) is 6. The molecule has 0 bridgehead atoms. The molecule has 6 N–H and O–H groups in total. The van der Waals surface area contributed by atoms with Gasteiger partial charge in [0.05, 0.1) is 6.54 Å². The largest absolute Gasteiger partial charge is 0.330 e. The maximum absolute atomic E-state index is 5.78. The van der Waals surface area contributed by atoms with Crippen LogP contribution >= 0.6 is 0 Å². The Bertz CT molecular complexity index is 325. The molecular formula is C18H42N7+. The van der Waals surface area contributed by atoms with Crippen molar-refractivity contribution in [1.82, 2.24) is 20.5 Å². The highest BCUT2D eigenvalue weighted by atomic mass is 15.7. The first kappa shape index (κ1) is 21.0. The minimum Gasteiger partial charge on any atom is -0.330 e. The highest BCUT2D eigenvalue weighted by molar-refractivity contribution is 4.67. The molecule has 0 aliphatic carbocycles. The van der Waals surface area contributed by atoms with E-state index in [0.29, 0.717) is 0 Å². The van der Waals surface area contributed by atoms with Gasteiger partial charge < -0.3 is 21.7 Å². The van der Waals surface area contributed by atoms with E-state index in [1.165, 1.54) is 65.2 Å². The molecule has 0 saturated carbocycles. The molecule has 0 aromatic carbocycles. The third kappa shape index (κ3) is 7.86. The van der Waals surface area contributed by atoms with Gasteiger partial charge in [-0.3, -0.25) is 4.90 Å². The Morgan fingerprint density at radius 2 is 1.44 bits per heavy atom. The second-order valence-corrected chi connectivity index (χ2v) is 7.65. The minimum absolute atomic E-state index is 0.793. The van der Waals surface area contributed by atoms with Crippen LogP contribution in [0.2, 0.25) is 0 Å². The number of nitrogens with one attached hydrogen (secondary N) is 2. The lowest BCUT2D eigenvalue weighted by molar-refractivity contribution is -0.973. The average Bonchev–Trinajstić information content (AvgIpc) is 2.66. The van der Waals surface area contributed by atoms with Crippen molar-refractivity contribution in [3.8, 4) is 0 Å². The number of piperazine rings is 2. The normalized spacial score (nSPS) is 22.3. The van der Waals surface area contributed by atoms with Gasteiger partial charge in [0.25, 0.3) is 0 Å². The number of quaternary nitrogens is 1. The van der Waals surface area contributed by atoms with Crippen molar-refractivity contribution >= 4 is 0 Å². The number of nitrogens with zero attached hydrogens (tertiary/aromatic N) is 3. The van der Waals surface area contributed by atoms with Crippen molar-refractivity contribution in [2.45, 2.75) is 25.7 Å². The van der Waals surface area contributed by atoms with Gasteiger partial charge in [-0.1, -0.05) is 0 Å². The zero-order valence-electron chi connectivity index (χ0n) is 16.2. The topological polar surface area (TPSA) is 82.6 Å². The molecule has 0 aromatic rings. The average molecular weight is 357 g/mol. The van der Waals surface area contributed by atoms with E-state index in [4.69, 9.17) is 11.5 Å². The van der Waals surface area contributed by atoms with Crippen LogP contribution in [0, 0.1) is 0 Å². The molecule has 2 fully saturated rings. The standard InChI is InChI=1S/C18H42N7/c19-5-3-11-24-14-17-25(18-15-24,16-4-6-20)22-7-1-2-10-23-12-8-21-9-13-23/h21-22H,1-20H2/q+1. The van der Waals surface area contributed by atoms with Gasteiger partial charge in [-0.2, -0.15) is 5.43 Å². The van der Waals surface area contributed by atoms with E-state index >= 15 is 0 Å². The maximum Gasteiger partial charge on any atom is 0.109 e. The van der Waals surface area contributed by atoms with E-state index in [0.717, 1.165) is 56.7 Å². The van der Waals surface area contributed by atoms with Crippen molar-refractivity contribution < 1.29 is 4.59 Å². The summed E-state index contributed by atoms with van der Waals surface area (Å²) in [4.78, 5) is 5.16. The first-order valence-corrected chi connectivity index (χ1v) is 10.4. The van der Waals surface area contributed by atoms with Gasteiger partial charge in [-0.05, 0) is 45.4 Å². The van der Waals surface area contributed by atoms with E-state index in [-0.39, 0.29) is 0 Å². The molecule has 0 aromatic heterocycles. The van der Waals surface area contributed by atoms with Gasteiger partial charge >= 0.3 is 0 Å². The van der Waals surface area contributed by atoms with Gasteiger partial charge in [0.1, 0.15) is 13.1 Å². The second-order valence-electron chi connectivity index (χ2n) is 7.65. The highest BCUT2D eigenvalue weighted by Gasteiger charge is 2.32. The van der Waals surface area contributed by atoms with Crippen LogP contribution in [0.15, 0.2) is 0 Å². The van der Waals surface area contributed by atoms with E-state index in [9.17, 15) is 0 Å². The summed E-state index contributed by atoms with van der Waals surface area (Å²) in [6, 6.07) is 0. The van der Waals surface area contributed by atoms with Crippen molar-refractivity contribution in [1.29, 1.82) is 0 Å².